The summed E-state index contributed by atoms with van der Waals surface area (Å²) in [5.74, 6) is -0.651. The minimum Gasteiger partial charge on any atom is -0.302 e. The monoisotopic (exact) mass is 388 g/mol. The SMILES string of the molecule is O=C1Cc2cc(Cl)ccc2N(C2CCN(C3CCCCCCC3)CC2)C1=O. The van der Waals surface area contributed by atoms with Crippen molar-refractivity contribution in [3.05, 3.63) is 28.8 Å². The van der Waals surface area contributed by atoms with Crippen LogP contribution in [0.1, 0.15) is 63.4 Å². The van der Waals surface area contributed by atoms with Crippen LogP contribution in [-0.2, 0) is 16.0 Å². The Hall–Kier alpha value is -1.39. The number of amides is 1. The number of fused-ring (bicyclic) bond motifs is 1. The van der Waals surface area contributed by atoms with E-state index in [2.05, 4.69) is 4.90 Å². The molecule has 3 aliphatic rings. The van der Waals surface area contributed by atoms with Crippen LogP contribution in [0.25, 0.3) is 0 Å². The van der Waals surface area contributed by atoms with Gasteiger partial charge >= 0.3 is 0 Å². The number of Topliss-reactive ketones (excluding diaryl/α,β-unsaturated/α-hetero) is 1. The third-order valence-corrected chi connectivity index (χ3v) is 6.80. The molecule has 1 aromatic carbocycles. The van der Waals surface area contributed by atoms with Crippen molar-refractivity contribution in [1.82, 2.24) is 4.90 Å². The summed E-state index contributed by atoms with van der Waals surface area (Å²) >= 11 is 6.10. The van der Waals surface area contributed by atoms with E-state index in [0.29, 0.717) is 11.1 Å². The molecule has 5 heteroatoms. The van der Waals surface area contributed by atoms with Crippen molar-refractivity contribution in [2.24, 2.45) is 0 Å². The van der Waals surface area contributed by atoms with E-state index in [1.807, 2.05) is 18.2 Å². The lowest BCUT2D eigenvalue weighted by Gasteiger charge is -2.43. The highest BCUT2D eigenvalue weighted by Gasteiger charge is 2.38. The van der Waals surface area contributed by atoms with Gasteiger partial charge in [0.1, 0.15) is 0 Å². The number of hydrogen-bond acceptors (Lipinski definition) is 3. The number of halogens is 1. The molecule has 2 aliphatic heterocycles. The molecule has 0 N–H and O–H groups in total. The summed E-state index contributed by atoms with van der Waals surface area (Å²) in [7, 11) is 0. The molecular weight excluding hydrogens is 360 g/mol. The maximum absolute atomic E-state index is 12.7. The van der Waals surface area contributed by atoms with Gasteiger partial charge < -0.3 is 9.80 Å². The van der Waals surface area contributed by atoms with Crippen LogP contribution in [0.4, 0.5) is 5.69 Å². The molecule has 0 spiro atoms. The van der Waals surface area contributed by atoms with Crippen LogP contribution in [0.3, 0.4) is 0 Å². The number of piperidine rings is 1. The lowest BCUT2D eigenvalue weighted by Crippen LogP contribution is -2.53. The summed E-state index contributed by atoms with van der Waals surface area (Å²) < 4.78 is 0. The summed E-state index contributed by atoms with van der Waals surface area (Å²) in [5.41, 5.74) is 1.77. The van der Waals surface area contributed by atoms with Gasteiger partial charge in [0.15, 0.2) is 0 Å². The normalized spacial score (nSPS) is 23.8. The Labute approximate surface area is 166 Å². The molecule has 27 heavy (non-hydrogen) atoms. The first-order valence-corrected chi connectivity index (χ1v) is 10.9. The van der Waals surface area contributed by atoms with Crippen LogP contribution in [0.5, 0.6) is 0 Å². The molecule has 0 atom stereocenters. The third-order valence-electron chi connectivity index (χ3n) is 6.56. The minimum absolute atomic E-state index is 0.117. The van der Waals surface area contributed by atoms with Gasteiger partial charge in [-0.3, -0.25) is 9.59 Å². The Morgan fingerprint density at radius 2 is 1.52 bits per heavy atom. The van der Waals surface area contributed by atoms with E-state index < -0.39 is 0 Å². The zero-order chi connectivity index (χ0) is 18.8. The van der Waals surface area contributed by atoms with Crippen molar-refractivity contribution in [2.75, 3.05) is 18.0 Å². The largest absolute Gasteiger partial charge is 0.302 e. The first-order valence-electron chi connectivity index (χ1n) is 10.5. The van der Waals surface area contributed by atoms with E-state index in [4.69, 9.17) is 11.6 Å². The van der Waals surface area contributed by atoms with E-state index in [1.54, 1.807) is 4.90 Å². The van der Waals surface area contributed by atoms with Gasteiger partial charge in [-0.1, -0.05) is 43.7 Å². The van der Waals surface area contributed by atoms with Crippen molar-refractivity contribution in [3.8, 4) is 0 Å². The quantitative estimate of drug-likeness (QED) is 0.706. The topological polar surface area (TPSA) is 40.6 Å². The summed E-state index contributed by atoms with van der Waals surface area (Å²) in [6, 6.07) is 6.38. The summed E-state index contributed by atoms with van der Waals surface area (Å²) in [6.45, 7) is 2.05. The van der Waals surface area contributed by atoms with Crippen LogP contribution in [0, 0.1) is 0 Å². The number of benzene rings is 1. The molecule has 0 aromatic heterocycles. The second-order valence-electron chi connectivity index (χ2n) is 8.31. The van der Waals surface area contributed by atoms with Crippen LogP contribution in [0.2, 0.25) is 5.02 Å². The average molecular weight is 389 g/mol. The van der Waals surface area contributed by atoms with Crippen LogP contribution < -0.4 is 4.90 Å². The molecule has 0 unspecified atom stereocenters. The van der Waals surface area contributed by atoms with Crippen LogP contribution in [-0.4, -0.2) is 41.8 Å². The van der Waals surface area contributed by atoms with Gasteiger partial charge in [0.05, 0.1) is 0 Å². The molecule has 146 valence electrons. The maximum atomic E-state index is 12.7. The van der Waals surface area contributed by atoms with Gasteiger partial charge in [-0.2, -0.15) is 0 Å². The van der Waals surface area contributed by atoms with Crippen molar-refractivity contribution in [3.63, 3.8) is 0 Å². The second-order valence-corrected chi connectivity index (χ2v) is 8.75. The van der Waals surface area contributed by atoms with E-state index in [1.165, 1.54) is 44.9 Å². The highest BCUT2D eigenvalue weighted by Crippen LogP contribution is 2.34. The Balaban J connectivity index is 1.46. The van der Waals surface area contributed by atoms with Crippen molar-refractivity contribution in [1.29, 1.82) is 0 Å². The molecule has 0 radical (unpaired) electrons. The molecular formula is C22H29ClN2O2. The zero-order valence-corrected chi connectivity index (χ0v) is 16.7. The second kappa shape index (κ2) is 8.32. The Kier molecular flexibility index (Phi) is 5.84. The predicted molar refractivity (Wildman–Crippen MR) is 108 cm³/mol. The van der Waals surface area contributed by atoms with E-state index >= 15 is 0 Å². The Morgan fingerprint density at radius 3 is 2.22 bits per heavy atom. The molecule has 2 fully saturated rings. The van der Waals surface area contributed by atoms with Crippen molar-refractivity contribution >= 4 is 29.0 Å². The van der Waals surface area contributed by atoms with Gasteiger partial charge in [-0.15, -0.1) is 0 Å². The first kappa shape index (κ1) is 18.9. The van der Waals surface area contributed by atoms with Gasteiger partial charge in [-0.05, 0) is 49.4 Å². The fourth-order valence-corrected chi connectivity index (χ4v) is 5.29. The van der Waals surface area contributed by atoms with E-state index in [9.17, 15) is 9.59 Å². The molecule has 1 aromatic rings. The molecule has 0 bridgehead atoms. The van der Waals surface area contributed by atoms with Crippen LogP contribution in [0.15, 0.2) is 18.2 Å². The number of carbonyl (C=O) groups is 2. The lowest BCUT2D eigenvalue weighted by molar-refractivity contribution is -0.136. The summed E-state index contributed by atoms with van der Waals surface area (Å²) in [5, 5.41) is 0.620. The highest BCUT2D eigenvalue weighted by molar-refractivity contribution is 6.43. The van der Waals surface area contributed by atoms with E-state index in [0.717, 1.165) is 37.2 Å². The van der Waals surface area contributed by atoms with Crippen molar-refractivity contribution < 1.29 is 9.59 Å². The standard InChI is InChI=1S/C22H29ClN2O2/c23-17-8-9-20-16(14-17)15-21(26)22(27)25(20)19-10-12-24(13-11-19)18-6-4-2-1-3-5-7-18/h8-9,14,18-19H,1-7,10-13,15H2. The number of ketones is 1. The van der Waals surface area contributed by atoms with Gasteiger partial charge in [-0.25, -0.2) is 0 Å². The average Bonchev–Trinajstić information content (AvgIpc) is 2.63. The minimum atomic E-state index is -0.339. The number of carbonyl (C=O) groups excluding carboxylic acids is 2. The molecule has 4 nitrogen and oxygen atoms in total. The fourth-order valence-electron chi connectivity index (χ4n) is 5.09. The zero-order valence-electron chi connectivity index (χ0n) is 16.0. The maximum Gasteiger partial charge on any atom is 0.294 e. The number of likely N-dealkylation sites (tertiary alicyclic amines) is 1. The first-order chi connectivity index (χ1) is 13.1. The third kappa shape index (κ3) is 4.07. The molecule has 4 rings (SSSR count). The molecule has 1 aliphatic carbocycles. The highest BCUT2D eigenvalue weighted by atomic mass is 35.5. The number of hydrogen-bond donors (Lipinski definition) is 0. The molecule has 1 amide bonds. The van der Waals surface area contributed by atoms with Gasteiger partial charge in [0.2, 0.25) is 5.78 Å². The summed E-state index contributed by atoms with van der Waals surface area (Å²) in [6.07, 6.45) is 11.5. The van der Waals surface area contributed by atoms with Gasteiger partial charge in [0.25, 0.3) is 5.91 Å². The van der Waals surface area contributed by atoms with Crippen molar-refractivity contribution in [2.45, 2.75) is 76.3 Å². The predicted octanol–water partition coefficient (Wildman–Crippen LogP) is 4.38. The summed E-state index contributed by atoms with van der Waals surface area (Å²) in [4.78, 5) is 29.3. The Bertz CT molecular complexity index is 704. The molecule has 1 saturated heterocycles. The smallest absolute Gasteiger partial charge is 0.294 e. The number of rotatable bonds is 2. The Morgan fingerprint density at radius 1 is 0.852 bits per heavy atom. The van der Waals surface area contributed by atoms with E-state index in [-0.39, 0.29) is 24.2 Å². The molecule has 1 saturated carbocycles. The number of anilines is 1. The van der Waals surface area contributed by atoms with Gasteiger partial charge in [0, 0.05) is 42.3 Å². The van der Waals surface area contributed by atoms with Crippen LogP contribution >= 0.6 is 11.6 Å². The number of nitrogens with zero attached hydrogens (tertiary/aromatic N) is 2. The fraction of sp³-hybridized carbons (Fsp3) is 0.636. The lowest BCUT2D eigenvalue weighted by atomic mass is 9.91. The molecule has 2 heterocycles.